The SMILES string of the molecule is CCOC(=O)C(C(N)=O)C1CC1.Cl. The number of halogens is 1. The zero-order chi connectivity index (χ0) is 9.14. The van der Waals surface area contributed by atoms with E-state index >= 15 is 0 Å². The molecule has 0 aromatic rings. The number of amides is 1. The van der Waals surface area contributed by atoms with Crippen LogP contribution in [0.1, 0.15) is 19.8 Å². The number of hydrogen-bond donors (Lipinski definition) is 1. The molecule has 0 heterocycles. The van der Waals surface area contributed by atoms with Gasteiger partial charge in [0.05, 0.1) is 6.61 Å². The molecule has 0 saturated heterocycles. The number of primary amides is 1. The summed E-state index contributed by atoms with van der Waals surface area (Å²) in [6.07, 6.45) is 1.82. The Kier molecular flexibility index (Phi) is 4.77. The van der Waals surface area contributed by atoms with Crippen molar-refractivity contribution < 1.29 is 14.3 Å². The van der Waals surface area contributed by atoms with E-state index in [-0.39, 0.29) is 18.3 Å². The Morgan fingerprint density at radius 2 is 2.08 bits per heavy atom. The third-order valence-corrected chi connectivity index (χ3v) is 1.94. The van der Waals surface area contributed by atoms with Crippen molar-refractivity contribution in [3.63, 3.8) is 0 Å². The largest absolute Gasteiger partial charge is 0.465 e. The van der Waals surface area contributed by atoms with Crippen molar-refractivity contribution in [3.05, 3.63) is 0 Å². The van der Waals surface area contributed by atoms with E-state index in [1.165, 1.54) is 0 Å². The molecule has 13 heavy (non-hydrogen) atoms. The molecule has 1 fully saturated rings. The number of hydrogen-bond acceptors (Lipinski definition) is 3. The fourth-order valence-electron chi connectivity index (χ4n) is 1.20. The van der Waals surface area contributed by atoms with Crippen LogP contribution in [0, 0.1) is 11.8 Å². The van der Waals surface area contributed by atoms with E-state index in [1.54, 1.807) is 6.92 Å². The molecule has 1 rings (SSSR count). The highest BCUT2D eigenvalue weighted by Gasteiger charge is 2.40. The number of nitrogens with two attached hydrogens (primary N) is 1. The number of esters is 1. The fraction of sp³-hybridized carbons (Fsp3) is 0.750. The van der Waals surface area contributed by atoms with Crippen molar-refractivity contribution >= 4 is 24.3 Å². The molecule has 1 saturated carbocycles. The van der Waals surface area contributed by atoms with Crippen LogP contribution in [-0.4, -0.2) is 18.5 Å². The molecule has 0 spiro atoms. The minimum absolute atomic E-state index is 0. The van der Waals surface area contributed by atoms with Crippen LogP contribution in [0.15, 0.2) is 0 Å². The van der Waals surface area contributed by atoms with Gasteiger partial charge in [-0.25, -0.2) is 0 Å². The van der Waals surface area contributed by atoms with Gasteiger partial charge in [0.2, 0.25) is 5.91 Å². The number of carbonyl (C=O) groups is 2. The molecule has 5 heteroatoms. The Morgan fingerprint density at radius 1 is 1.54 bits per heavy atom. The van der Waals surface area contributed by atoms with Crippen LogP contribution in [0.4, 0.5) is 0 Å². The second kappa shape index (κ2) is 5.07. The topological polar surface area (TPSA) is 69.4 Å². The van der Waals surface area contributed by atoms with Crippen molar-refractivity contribution in [1.29, 1.82) is 0 Å². The van der Waals surface area contributed by atoms with E-state index < -0.39 is 17.8 Å². The van der Waals surface area contributed by atoms with Gasteiger partial charge in [0.25, 0.3) is 0 Å². The molecule has 4 nitrogen and oxygen atoms in total. The summed E-state index contributed by atoms with van der Waals surface area (Å²) >= 11 is 0. The predicted octanol–water partition coefficient (Wildman–Crippen LogP) is 0.483. The van der Waals surface area contributed by atoms with Crippen molar-refractivity contribution in [2.75, 3.05) is 6.61 Å². The first-order valence-electron chi connectivity index (χ1n) is 4.12. The van der Waals surface area contributed by atoms with Gasteiger partial charge in [-0.1, -0.05) is 0 Å². The van der Waals surface area contributed by atoms with E-state index in [9.17, 15) is 9.59 Å². The summed E-state index contributed by atoms with van der Waals surface area (Å²) < 4.78 is 4.73. The van der Waals surface area contributed by atoms with Crippen LogP contribution in [0.25, 0.3) is 0 Å². The summed E-state index contributed by atoms with van der Waals surface area (Å²) in [7, 11) is 0. The van der Waals surface area contributed by atoms with Crippen LogP contribution in [0.5, 0.6) is 0 Å². The normalized spacial score (nSPS) is 17.0. The van der Waals surface area contributed by atoms with E-state index in [2.05, 4.69) is 0 Å². The molecule has 76 valence electrons. The second-order valence-electron chi connectivity index (χ2n) is 2.97. The molecular weight excluding hydrogens is 194 g/mol. The first-order valence-corrected chi connectivity index (χ1v) is 4.12. The van der Waals surface area contributed by atoms with E-state index in [1.807, 2.05) is 0 Å². The van der Waals surface area contributed by atoms with Crippen LogP contribution in [-0.2, 0) is 14.3 Å². The lowest BCUT2D eigenvalue weighted by molar-refractivity contribution is -0.152. The standard InChI is InChI=1S/C8H13NO3.ClH/c1-2-12-8(11)6(7(9)10)5-3-4-5;/h5-6H,2-4H2,1H3,(H2,9,10);1H. The number of rotatable bonds is 4. The number of carbonyl (C=O) groups excluding carboxylic acids is 2. The minimum Gasteiger partial charge on any atom is -0.465 e. The Labute approximate surface area is 83.2 Å². The highest BCUT2D eigenvalue weighted by atomic mass is 35.5. The smallest absolute Gasteiger partial charge is 0.318 e. The van der Waals surface area contributed by atoms with Crippen molar-refractivity contribution in [1.82, 2.24) is 0 Å². The maximum absolute atomic E-state index is 11.1. The van der Waals surface area contributed by atoms with Gasteiger partial charge in [0.15, 0.2) is 0 Å². The molecule has 1 aliphatic rings. The maximum atomic E-state index is 11.1. The minimum atomic E-state index is -0.704. The highest BCUT2D eigenvalue weighted by Crippen LogP contribution is 2.37. The Morgan fingerprint density at radius 3 is 2.38 bits per heavy atom. The van der Waals surface area contributed by atoms with Crippen LogP contribution in [0.3, 0.4) is 0 Å². The lowest BCUT2D eigenvalue weighted by atomic mass is 10.0. The summed E-state index contributed by atoms with van der Waals surface area (Å²) in [5.41, 5.74) is 5.07. The van der Waals surface area contributed by atoms with Gasteiger partial charge >= 0.3 is 5.97 Å². The third kappa shape index (κ3) is 3.22. The summed E-state index contributed by atoms with van der Waals surface area (Å²) in [5.74, 6) is -1.59. The van der Waals surface area contributed by atoms with Gasteiger partial charge in [-0.05, 0) is 25.7 Å². The molecule has 0 aromatic carbocycles. The highest BCUT2D eigenvalue weighted by molar-refractivity contribution is 5.97. The molecular formula is C8H14ClNO3. The Balaban J connectivity index is 0.00000144. The average Bonchev–Trinajstić information content (AvgIpc) is 2.71. The van der Waals surface area contributed by atoms with E-state index in [4.69, 9.17) is 10.5 Å². The zero-order valence-corrected chi connectivity index (χ0v) is 8.30. The summed E-state index contributed by atoms with van der Waals surface area (Å²) in [4.78, 5) is 22.0. The lowest BCUT2D eigenvalue weighted by Crippen LogP contribution is -2.33. The van der Waals surface area contributed by atoms with Crippen molar-refractivity contribution in [3.8, 4) is 0 Å². The van der Waals surface area contributed by atoms with Crippen molar-refractivity contribution in [2.24, 2.45) is 17.6 Å². The van der Waals surface area contributed by atoms with Gasteiger partial charge in [0, 0.05) is 0 Å². The lowest BCUT2D eigenvalue weighted by Gasteiger charge is -2.09. The third-order valence-electron chi connectivity index (χ3n) is 1.94. The molecule has 1 amide bonds. The van der Waals surface area contributed by atoms with E-state index in [0.29, 0.717) is 6.61 Å². The first kappa shape index (κ1) is 12.2. The summed E-state index contributed by atoms with van der Waals surface area (Å²) in [6, 6.07) is 0. The molecule has 0 aromatic heterocycles. The fourth-order valence-corrected chi connectivity index (χ4v) is 1.20. The average molecular weight is 208 g/mol. The molecule has 2 N–H and O–H groups in total. The maximum Gasteiger partial charge on any atom is 0.318 e. The van der Waals surface area contributed by atoms with Gasteiger partial charge in [-0.2, -0.15) is 0 Å². The zero-order valence-electron chi connectivity index (χ0n) is 7.49. The quantitative estimate of drug-likeness (QED) is 0.539. The van der Waals surface area contributed by atoms with Gasteiger partial charge < -0.3 is 10.5 Å². The van der Waals surface area contributed by atoms with Crippen LogP contribution in [0.2, 0.25) is 0 Å². The predicted molar refractivity (Wildman–Crippen MR) is 49.3 cm³/mol. The van der Waals surface area contributed by atoms with Crippen LogP contribution >= 0.6 is 12.4 Å². The molecule has 0 aliphatic heterocycles. The van der Waals surface area contributed by atoms with Crippen LogP contribution < -0.4 is 5.73 Å². The van der Waals surface area contributed by atoms with Gasteiger partial charge in [-0.3, -0.25) is 9.59 Å². The summed E-state index contributed by atoms with van der Waals surface area (Å²) in [5, 5.41) is 0. The first-order chi connectivity index (χ1) is 5.66. The van der Waals surface area contributed by atoms with Gasteiger partial charge in [-0.15, -0.1) is 12.4 Å². The number of ether oxygens (including phenoxy) is 1. The molecule has 0 bridgehead atoms. The monoisotopic (exact) mass is 207 g/mol. The van der Waals surface area contributed by atoms with Gasteiger partial charge in [0.1, 0.15) is 5.92 Å². The Bertz CT molecular complexity index is 204. The summed E-state index contributed by atoms with van der Waals surface area (Å²) in [6.45, 7) is 2.01. The van der Waals surface area contributed by atoms with E-state index in [0.717, 1.165) is 12.8 Å². The van der Waals surface area contributed by atoms with Crippen molar-refractivity contribution in [2.45, 2.75) is 19.8 Å². The molecule has 1 atom stereocenters. The Hall–Kier alpha value is -0.770. The molecule has 1 unspecified atom stereocenters. The second-order valence-corrected chi connectivity index (χ2v) is 2.97. The molecule has 1 aliphatic carbocycles. The molecule has 0 radical (unpaired) electrons.